The minimum Gasteiger partial charge on any atom is -0.228 e. The van der Waals surface area contributed by atoms with Crippen molar-refractivity contribution in [1.82, 2.24) is 0 Å². The Morgan fingerprint density at radius 3 is 1.55 bits per heavy atom. The summed E-state index contributed by atoms with van der Waals surface area (Å²) in [5.41, 5.74) is -0.737. The van der Waals surface area contributed by atoms with Crippen LogP contribution in [0.3, 0.4) is 0 Å². The van der Waals surface area contributed by atoms with Crippen LogP contribution >= 0.6 is 0 Å². The average molecular weight is 316 g/mol. The Bertz CT molecular complexity index is 326. The van der Waals surface area contributed by atoms with Crippen molar-refractivity contribution < 1.29 is 19.6 Å². The van der Waals surface area contributed by atoms with E-state index in [0.717, 1.165) is 19.3 Å². The van der Waals surface area contributed by atoms with Crippen LogP contribution in [0.5, 0.6) is 0 Å². The SMILES string of the molecule is CC(C)(C)OOC1(OOC(C)(C)C)CCCCC1C(C)(C)C. The second-order valence-electron chi connectivity index (χ2n) is 9.53. The van der Waals surface area contributed by atoms with Crippen LogP contribution in [-0.4, -0.2) is 17.0 Å². The molecule has 1 aliphatic carbocycles. The second-order valence-corrected chi connectivity index (χ2v) is 9.53. The molecule has 0 aromatic carbocycles. The van der Waals surface area contributed by atoms with Gasteiger partial charge < -0.3 is 0 Å². The maximum Gasteiger partial charge on any atom is 0.237 e. The van der Waals surface area contributed by atoms with Crippen molar-refractivity contribution in [1.29, 1.82) is 0 Å². The first-order valence-electron chi connectivity index (χ1n) is 8.49. The third-order valence-electron chi connectivity index (χ3n) is 3.71. The lowest BCUT2D eigenvalue weighted by molar-refractivity contribution is -0.560. The van der Waals surface area contributed by atoms with Gasteiger partial charge in [-0.2, -0.15) is 9.78 Å². The number of rotatable bonds is 4. The maximum absolute atomic E-state index is 5.92. The van der Waals surface area contributed by atoms with Crippen LogP contribution < -0.4 is 0 Å². The van der Waals surface area contributed by atoms with Crippen LogP contribution in [0.25, 0.3) is 0 Å². The normalized spacial score (nSPS) is 23.6. The molecule has 4 heteroatoms. The van der Waals surface area contributed by atoms with Gasteiger partial charge >= 0.3 is 0 Å². The lowest BCUT2D eigenvalue weighted by atomic mass is 9.69. The minimum absolute atomic E-state index is 0.0446. The summed E-state index contributed by atoms with van der Waals surface area (Å²) in [4.78, 5) is 23.2. The van der Waals surface area contributed by atoms with E-state index in [1.165, 1.54) is 6.42 Å². The zero-order chi connectivity index (χ0) is 17.2. The molecule has 1 rings (SSSR count). The Labute approximate surface area is 136 Å². The van der Waals surface area contributed by atoms with Crippen LogP contribution in [0.2, 0.25) is 0 Å². The third kappa shape index (κ3) is 6.15. The molecule has 0 heterocycles. The van der Waals surface area contributed by atoms with Crippen LogP contribution in [0, 0.1) is 11.3 Å². The predicted molar refractivity (Wildman–Crippen MR) is 88.0 cm³/mol. The first-order chi connectivity index (χ1) is 9.75. The number of hydrogen-bond donors (Lipinski definition) is 0. The predicted octanol–water partition coefficient (Wildman–Crippen LogP) is 5.41. The molecule has 1 aliphatic rings. The molecule has 0 aliphatic heterocycles. The Kier molecular flexibility index (Phi) is 6.11. The van der Waals surface area contributed by atoms with Crippen molar-refractivity contribution in [2.45, 2.75) is 105 Å². The quantitative estimate of drug-likeness (QED) is 0.394. The van der Waals surface area contributed by atoms with Gasteiger partial charge in [0, 0.05) is 12.3 Å². The van der Waals surface area contributed by atoms with E-state index in [0.29, 0.717) is 0 Å². The Morgan fingerprint density at radius 2 is 1.18 bits per heavy atom. The van der Waals surface area contributed by atoms with Gasteiger partial charge in [0.05, 0.1) is 11.2 Å². The zero-order valence-corrected chi connectivity index (χ0v) is 16.0. The van der Waals surface area contributed by atoms with Crippen LogP contribution in [0.1, 0.15) is 88.0 Å². The maximum atomic E-state index is 5.92. The molecule has 0 bridgehead atoms. The molecule has 1 unspecified atom stereocenters. The third-order valence-corrected chi connectivity index (χ3v) is 3.71. The summed E-state index contributed by atoms with van der Waals surface area (Å²) in [7, 11) is 0. The summed E-state index contributed by atoms with van der Waals surface area (Å²) < 4.78 is 0. The van der Waals surface area contributed by atoms with E-state index >= 15 is 0 Å². The van der Waals surface area contributed by atoms with Crippen LogP contribution in [-0.2, 0) is 19.6 Å². The van der Waals surface area contributed by atoms with Gasteiger partial charge in [-0.3, -0.25) is 0 Å². The highest BCUT2D eigenvalue weighted by Gasteiger charge is 2.52. The highest BCUT2D eigenvalue weighted by atomic mass is 17.3. The summed E-state index contributed by atoms with van der Waals surface area (Å²) in [5.74, 6) is -0.643. The van der Waals surface area contributed by atoms with Crippen LogP contribution in [0.4, 0.5) is 0 Å². The fraction of sp³-hybridized carbons (Fsp3) is 1.00. The van der Waals surface area contributed by atoms with Gasteiger partial charge in [-0.25, -0.2) is 9.78 Å². The molecule has 0 spiro atoms. The lowest BCUT2D eigenvalue weighted by Crippen LogP contribution is -2.52. The molecule has 0 aromatic heterocycles. The Hall–Kier alpha value is -0.160. The molecule has 1 saturated carbocycles. The van der Waals surface area contributed by atoms with Gasteiger partial charge in [-0.05, 0) is 59.8 Å². The van der Waals surface area contributed by atoms with E-state index in [1.54, 1.807) is 0 Å². The highest BCUT2D eigenvalue weighted by Crippen LogP contribution is 2.48. The minimum atomic E-state index is -0.850. The fourth-order valence-electron chi connectivity index (χ4n) is 2.81. The molecule has 0 radical (unpaired) electrons. The topological polar surface area (TPSA) is 36.9 Å². The molecule has 1 atom stereocenters. The van der Waals surface area contributed by atoms with E-state index in [9.17, 15) is 0 Å². The Balaban J connectivity index is 3.01. The van der Waals surface area contributed by atoms with E-state index in [4.69, 9.17) is 19.6 Å². The molecule has 4 nitrogen and oxygen atoms in total. The smallest absolute Gasteiger partial charge is 0.228 e. The van der Waals surface area contributed by atoms with Gasteiger partial charge in [0.1, 0.15) is 0 Å². The summed E-state index contributed by atoms with van der Waals surface area (Å²) in [5, 5.41) is 0. The zero-order valence-electron chi connectivity index (χ0n) is 16.0. The summed E-state index contributed by atoms with van der Waals surface area (Å²) in [6, 6.07) is 0. The van der Waals surface area contributed by atoms with Gasteiger partial charge in [-0.15, -0.1) is 0 Å². The van der Waals surface area contributed by atoms with Crippen LogP contribution in [0.15, 0.2) is 0 Å². The molecule has 0 N–H and O–H groups in total. The van der Waals surface area contributed by atoms with E-state index in [-0.39, 0.29) is 11.3 Å². The van der Waals surface area contributed by atoms with Crippen molar-refractivity contribution in [3.8, 4) is 0 Å². The summed E-state index contributed by atoms with van der Waals surface area (Å²) >= 11 is 0. The van der Waals surface area contributed by atoms with E-state index < -0.39 is 17.0 Å². The van der Waals surface area contributed by atoms with Gasteiger partial charge in [0.25, 0.3) is 0 Å². The monoisotopic (exact) mass is 316 g/mol. The second kappa shape index (κ2) is 6.76. The molecule has 0 aromatic rings. The van der Waals surface area contributed by atoms with Gasteiger partial charge in [-0.1, -0.05) is 27.2 Å². The van der Waals surface area contributed by atoms with E-state index in [1.807, 2.05) is 41.5 Å². The first kappa shape index (κ1) is 19.9. The van der Waals surface area contributed by atoms with Gasteiger partial charge in [0.15, 0.2) is 0 Å². The first-order valence-corrected chi connectivity index (χ1v) is 8.49. The van der Waals surface area contributed by atoms with Crippen molar-refractivity contribution >= 4 is 0 Å². The molecule has 0 saturated heterocycles. The molecular formula is C18H36O4. The largest absolute Gasteiger partial charge is 0.237 e. The van der Waals surface area contributed by atoms with Crippen molar-refractivity contribution in [3.05, 3.63) is 0 Å². The molecule has 132 valence electrons. The van der Waals surface area contributed by atoms with E-state index in [2.05, 4.69) is 20.8 Å². The highest BCUT2D eigenvalue weighted by molar-refractivity contribution is 4.90. The van der Waals surface area contributed by atoms with Gasteiger partial charge in [0.2, 0.25) is 5.79 Å². The molecule has 1 fully saturated rings. The summed E-state index contributed by atoms with van der Waals surface area (Å²) in [6.07, 6.45) is 4.06. The fourth-order valence-corrected chi connectivity index (χ4v) is 2.81. The molecule has 22 heavy (non-hydrogen) atoms. The number of hydrogen-bond acceptors (Lipinski definition) is 4. The van der Waals surface area contributed by atoms with Crippen molar-refractivity contribution in [2.24, 2.45) is 11.3 Å². The lowest BCUT2D eigenvalue weighted by Gasteiger charge is -2.48. The standard InChI is InChI=1S/C18H36O4/c1-15(2,3)14-12-10-11-13-18(14,21-19-16(4,5)6)22-20-17(7,8)9/h14H,10-13H2,1-9H3. The van der Waals surface area contributed by atoms with Crippen molar-refractivity contribution in [2.75, 3.05) is 0 Å². The molecule has 0 amide bonds. The Morgan fingerprint density at radius 1 is 0.727 bits per heavy atom. The van der Waals surface area contributed by atoms with Crippen molar-refractivity contribution in [3.63, 3.8) is 0 Å². The average Bonchev–Trinajstić information content (AvgIpc) is 2.32. The molecular weight excluding hydrogens is 280 g/mol. The summed E-state index contributed by atoms with van der Waals surface area (Å²) in [6.45, 7) is 18.5.